The second-order valence-corrected chi connectivity index (χ2v) is 6.16. The normalized spacial score (nSPS) is 12.0. The summed E-state index contributed by atoms with van der Waals surface area (Å²) in [6.45, 7) is 6.80. The molecule has 7 heteroatoms. The average molecular weight is 325 g/mol. The molecule has 0 N–H and O–H groups in total. The maximum atomic E-state index is 11.4. The van der Waals surface area contributed by atoms with Crippen LogP contribution in [0.15, 0.2) is 0 Å². The summed E-state index contributed by atoms with van der Waals surface area (Å²) in [6.07, 6.45) is 5.29. The van der Waals surface area contributed by atoms with Crippen LogP contribution in [0, 0.1) is 0 Å². The first-order chi connectivity index (χ1) is 10.1. The van der Waals surface area contributed by atoms with Crippen molar-refractivity contribution in [2.45, 2.75) is 52.4 Å². The van der Waals surface area contributed by atoms with Crippen molar-refractivity contribution in [1.29, 1.82) is 0 Å². The van der Waals surface area contributed by atoms with Crippen molar-refractivity contribution in [2.75, 3.05) is 39.6 Å². The molecule has 0 saturated heterocycles. The highest BCUT2D eigenvalue weighted by Crippen LogP contribution is 2.44. The van der Waals surface area contributed by atoms with Crippen molar-refractivity contribution in [3.63, 3.8) is 0 Å². The van der Waals surface area contributed by atoms with E-state index in [1.807, 2.05) is 0 Å². The van der Waals surface area contributed by atoms with Crippen molar-refractivity contribution in [3.05, 3.63) is 0 Å². The van der Waals surface area contributed by atoms with Gasteiger partial charge in [-0.25, -0.2) is 4.57 Å². The highest BCUT2D eigenvalue weighted by molar-refractivity contribution is 7.47. The molecule has 0 saturated carbocycles. The van der Waals surface area contributed by atoms with E-state index in [9.17, 15) is 9.46 Å². The minimum Gasteiger partial charge on any atom is -0.381 e. The third kappa shape index (κ3) is 16.2. The van der Waals surface area contributed by atoms with E-state index in [4.69, 9.17) is 18.5 Å². The zero-order chi connectivity index (χ0) is 15.8. The Labute approximate surface area is 128 Å². The summed E-state index contributed by atoms with van der Waals surface area (Å²) < 4.78 is 31.5. The van der Waals surface area contributed by atoms with Crippen molar-refractivity contribution in [1.82, 2.24) is 0 Å². The molecule has 0 bridgehead atoms. The molecule has 21 heavy (non-hydrogen) atoms. The molecule has 0 amide bonds. The lowest BCUT2D eigenvalue weighted by Crippen LogP contribution is -2.04. The largest absolute Gasteiger partial charge is 0.502 e. The maximum absolute atomic E-state index is 11.4. The molecule has 1 radical (unpaired) electrons. The second-order valence-electron chi connectivity index (χ2n) is 4.75. The van der Waals surface area contributed by atoms with Crippen molar-refractivity contribution in [3.8, 4) is 0 Å². The average Bonchev–Trinajstić information content (AvgIpc) is 2.45. The molecule has 0 rings (SSSR count). The smallest absolute Gasteiger partial charge is 0.381 e. The molecule has 0 aliphatic heterocycles. The van der Waals surface area contributed by atoms with Gasteiger partial charge < -0.3 is 9.47 Å². The Morgan fingerprint density at radius 2 is 1.05 bits per heavy atom. The van der Waals surface area contributed by atoms with Crippen LogP contribution in [0.3, 0.4) is 0 Å². The van der Waals surface area contributed by atoms with Gasteiger partial charge in [0, 0.05) is 26.4 Å². The molecule has 0 heterocycles. The van der Waals surface area contributed by atoms with Gasteiger partial charge in [-0.1, -0.05) is 26.7 Å². The topological polar surface area (TPSA) is 73.9 Å². The first-order valence-electron chi connectivity index (χ1n) is 7.88. The van der Waals surface area contributed by atoms with E-state index in [0.29, 0.717) is 39.3 Å². The zero-order valence-corrected chi connectivity index (χ0v) is 14.3. The first-order valence-corrected chi connectivity index (χ1v) is 9.34. The second kappa shape index (κ2) is 14.9. The van der Waals surface area contributed by atoms with Gasteiger partial charge in [0.15, 0.2) is 0 Å². The van der Waals surface area contributed by atoms with Gasteiger partial charge in [0.1, 0.15) is 0 Å². The minimum atomic E-state index is -4.18. The Morgan fingerprint density at radius 1 is 0.667 bits per heavy atom. The van der Waals surface area contributed by atoms with Crippen molar-refractivity contribution < 1.29 is 28.0 Å². The summed E-state index contributed by atoms with van der Waals surface area (Å²) in [7, 11) is -4.18. The Hall–Kier alpha value is 0.0300. The Balaban J connectivity index is 3.37. The van der Waals surface area contributed by atoms with Gasteiger partial charge >= 0.3 is 7.82 Å². The molecule has 0 aromatic carbocycles. The zero-order valence-electron chi connectivity index (χ0n) is 13.4. The van der Waals surface area contributed by atoms with Crippen LogP contribution >= 0.6 is 7.82 Å². The third-order valence-electron chi connectivity index (χ3n) is 2.65. The fourth-order valence-electron chi connectivity index (χ4n) is 1.41. The monoisotopic (exact) mass is 325 g/mol. The highest BCUT2D eigenvalue weighted by Gasteiger charge is 2.22. The van der Waals surface area contributed by atoms with E-state index in [1.54, 1.807) is 0 Å². The summed E-state index contributed by atoms with van der Waals surface area (Å²) in [4.78, 5) is 11.4. The molecular formula is C14H30O6P. The molecular weight excluding hydrogens is 295 g/mol. The quantitative estimate of drug-likeness (QED) is 0.317. The lowest BCUT2D eigenvalue weighted by atomic mass is 10.4. The Morgan fingerprint density at radius 3 is 1.43 bits per heavy atom. The summed E-state index contributed by atoms with van der Waals surface area (Å²) in [6, 6.07) is 0. The molecule has 0 aliphatic carbocycles. The van der Waals surface area contributed by atoms with Gasteiger partial charge in [0.2, 0.25) is 0 Å². The van der Waals surface area contributed by atoms with Gasteiger partial charge in [0.25, 0.3) is 0 Å². The molecule has 0 aromatic heterocycles. The van der Waals surface area contributed by atoms with Crippen LogP contribution in [0.1, 0.15) is 52.4 Å². The molecule has 0 atom stereocenters. The van der Waals surface area contributed by atoms with Crippen LogP contribution < -0.4 is 0 Å². The SMILES string of the molecule is CCCCOCCCOP([O])(=O)OCCCOCCCC. The van der Waals surface area contributed by atoms with Crippen LogP contribution in [-0.2, 0) is 28.0 Å². The number of rotatable bonds is 16. The fourth-order valence-corrected chi connectivity index (χ4v) is 2.19. The van der Waals surface area contributed by atoms with Crippen molar-refractivity contribution >= 4 is 7.82 Å². The Bertz CT molecular complexity index is 240. The highest BCUT2D eigenvalue weighted by atomic mass is 31.2. The van der Waals surface area contributed by atoms with Gasteiger partial charge in [-0.15, -0.1) is 4.89 Å². The lowest BCUT2D eigenvalue weighted by molar-refractivity contribution is 0.0832. The van der Waals surface area contributed by atoms with Gasteiger partial charge in [-0.2, -0.15) is 0 Å². The summed E-state index contributed by atoms with van der Waals surface area (Å²) in [5.74, 6) is 0. The molecule has 6 nitrogen and oxygen atoms in total. The van der Waals surface area contributed by atoms with Crippen LogP contribution in [0.5, 0.6) is 0 Å². The number of hydrogen-bond acceptors (Lipinski definition) is 5. The standard InChI is InChI=1S/C14H30O6P/c1-3-5-9-17-11-7-13-19-21(15,16)20-14-8-12-18-10-6-4-2/h3-14H2,1-2H3. The molecule has 0 unspecified atom stereocenters. The molecule has 0 fully saturated rings. The van der Waals surface area contributed by atoms with E-state index in [1.165, 1.54) is 0 Å². The van der Waals surface area contributed by atoms with Gasteiger partial charge in [-0.3, -0.25) is 9.05 Å². The van der Waals surface area contributed by atoms with Crippen LogP contribution in [0.2, 0.25) is 0 Å². The van der Waals surface area contributed by atoms with Crippen LogP contribution in [0.4, 0.5) is 0 Å². The summed E-state index contributed by atoms with van der Waals surface area (Å²) in [5, 5.41) is 0. The van der Waals surface area contributed by atoms with E-state index < -0.39 is 7.82 Å². The van der Waals surface area contributed by atoms with Crippen molar-refractivity contribution in [2.24, 2.45) is 0 Å². The molecule has 0 aromatic rings. The summed E-state index contributed by atoms with van der Waals surface area (Å²) >= 11 is 0. The first kappa shape index (κ1) is 21.0. The van der Waals surface area contributed by atoms with Crippen LogP contribution in [-0.4, -0.2) is 39.6 Å². The third-order valence-corrected chi connectivity index (χ3v) is 3.65. The van der Waals surface area contributed by atoms with E-state index in [0.717, 1.165) is 25.7 Å². The van der Waals surface area contributed by atoms with Gasteiger partial charge in [0.05, 0.1) is 13.2 Å². The van der Waals surface area contributed by atoms with E-state index >= 15 is 0 Å². The van der Waals surface area contributed by atoms with E-state index in [2.05, 4.69) is 13.8 Å². The minimum absolute atomic E-state index is 0.0971. The maximum Gasteiger partial charge on any atom is 0.502 e. The molecule has 0 spiro atoms. The van der Waals surface area contributed by atoms with Crippen LogP contribution in [0.25, 0.3) is 0 Å². The number of ether oxygens (including phenoxy) is 2. The van der Waals surface area contributed by atoms with Gasteiger partial charge in [-0.05, 0) is 25.7 Å². The fraction of sp³-hybridized carbons (Fsp3) is 1.00. The lowest BCUT2D eigenvalue weighted by Gasteiger charge is -2.10. The number of unbranched alkanes of at least 4 members (excludes halogenated alkanes) is 2. The van der Waals surface area contributed by atoms with E-state index in [-0.39, 0.29) is 13.2 Å². The molecule has 127 valence electrons. The summed E-state index contributed by atoms with van der Waals surface area (Å²) in [5.41, 5.74) is 0. The number of hydrogen-bond donors (Lipinski definition) is 0. The predicted molar refractivity (Wildman–Crippen MR) is 80.9 cm³/mol. The molecule has 0 aliphatic rings. The Kier molecular flexibility index (Phi) is 15.0. The predicted octanol–water partition coefficient (Wildman–Crippen LogP) is 3.97.